The second-order valence-electron chi connectivity index (χ2n) is 11.8. The maximum absolute atomic E-state index is 14.2. The highest BCUT2D eigenvalue weighted by Crippen LogP contribution is 2.23. The molecular formula is C31H37FN8O4. The molecule has 1 aromatic carbocycles. The van der Waals surface area contributed by atoms with Crippen molar-refractivity contribution in [3.63, 3.8) is 0 Å². The second-order valence-corrected chi connectivity index (χ2v) is 11.8. The molecule has 44 heavy (non-hydrogen) atoms. The number of hydrogen-bond acceptors (Lipinski definition) is 8. The number of fused-ring (bicyclic) bond motifs is 2. The van der Waals surface area contributed by atoms with E-state index in [1.54, 1.807) is 32.3 Å². The smallest absolute Gasteiger partial charge is 0.407 e. The fourth-order valence-electron chi connectivity index (χ4n) is 5.53. The number of nitrogens with one attached hydrogen (secondary N) is 1. The summed E-state index contributed by atoms with van der Waals surface area (Å²) in [6, 6.07) is 7.28. The number of benzene rings is 1. The van der Waals surface area contributed by atoms with Gasteiger partial charge in [0.1, 0.15) is 24.3 Å². The van der Waals surface area contributed by atoms with E-state index in [-0.39, 0.29) is 36.7 Å². The van der Waals surface area contributed by atoms with Gasteiger partial charge in [-0.05, 0) is 53.5 Å². The van der Waals surface area contributed by atoms with Crippen molar-refractivity contribution in [3.8, 4) is 11.8 Å². The summed E-state index contributed by atoms with van der Waals surface area (Å²) in [5.74, 6) is 6.54. The Morgan fingerprint density at radius 1 is 1.14 bits per heavy atom. The molecule has 1 unspecified atom stereocenters. The number of para-hydroxylation sites is 1. The van der Waals surface area contributed by atoms with E-state index in [9.17, 15) is 18.8 Å². The third-order valence-electron chi connectivity index (χ3n) is 7.38. The second kappa shape index (κ2) is 12.5. The van der Waals surface area contributed by atoms with Crippen molar-refractivity contribution in [2.45, 2.75) is 78.7 Å². The van der Waals surface area contributed by atoms with Gasteiger partial charge in [-0.2, -0.15) is 0 Å². The molecule has 0 aliphatic carbocycles. The molecule has 1 atom stereocenters. The van der Waals surface area contributed by atoms with Crippen molar-refractivity contribution in [2.24, 2.45) is 0 Å². The monoisotopic (exact) mass is 604 g/mol. The van der Waals surface area contributed by atoms with Gasteiger partial charge in [0.15, 0.2) is 11.3 Å². The summed E-state index contributed by atoms with van der Waals surface area (Å²) in [5.41, 5.74) is -0.327. The van der Waals surface area contributed by atoms with E-state index in [0.717, 1.165) is 28.6 Å². The number of rotatable bonds is 7. The Labute approximate surface area is 253 Å². The SMILES string of the molecule is CC#CCn1c(N2CCCC(NC(=O)OC(C)(C)C)C2)nc2c(=O)n(CCF)n(Cc3nc(C)c4ccccc4n3)c(=O)c21. The Morgan fingerprint density at radius 3 is 2.64 bits per heavy atom. The lowest BCUT2D eigenvalue weighted by Gasteiger charge is -2.34. The number of aromatic nitrogens is 6. The van der Waals surface area contributed by atoms with Crippen LogP contribution in [0.3, 0.4) is 0 Å². The van der Waals surface area contributed by atoms with E-state index in [2.05, 4.69) is 32.1 Å². The molecule has 232 valence electrons. The van der Waals surface area contributed by atoms with Crippen molar-refractivity contribution in [2.75, 3.05) is 24.7 Å². The lowest BCUT2D eigenvalue weighted by molar-refractivity contribution is 0.0499. The number of hydrogen-bond donors (Lipinski definition) is 1. The topological polar surface area (TPSA) is 129 Å². The zero-order valence-corrected chi connectivity index (χ0v) is 25.7. The number of halogens is 1. The molecule has 1 aliphatic heterocycles. The number of nitrogens with zero attached hydrogens (tertiary/aromatic N) is 7. The molecule has 1 aliphatic rings. The maximum Gasteiger partial charge on any atom is 0.407 e. The summed E-state index contributed by atoms with van der Waals surface area (Å²) in [7, 11) is 0. The molecule has 4 aromatic rings. The van der Waals surface area contributed by atoms with E-state index in [1.165, 1.54) is 4.68 Å². The highest BCUT2D eigenvalue weighted by atomic mass is 19.1. The minimum Gasteiger partial charge on any atom is -0.444 e. The number of anilines is 1. The lowest BCUT2D eigenvalue weighted by atomic mass is 10.1. The van der Waals surface area contributed by atoms with Crippen LogP contribution in [0.2, 0.25) is 0 Å². The summed E-state index contributed by atoms with van der Waals surface area (Å²) in [6.07, 6.45) is 0.947. The molecule has 0 bridgehead atoms. The Bertz CT molecular complexity index is 1890. The van der Waals surface area contributed by atoms with E-state index >= 15 is 0 Å². The largest absolute Gasteiger partial charge is 0.444 e. The van der Waals surface area contributed by atoms with Crippen molar-refractivity contribution in [3.05, 3.63) is 56.5 Å². The fourth-order valence-corrected chi connectivity index (χ4v) is 5.53. The van der Waals surface area contributed by atoms with Gasteiger partial charge in [-0.25, -0.2) is 33.5 Å². The highest BCUT2D eigenvalue weighted by molar-refractivity contribution is 5.80. The molecular weight excluding hydrogens is 567 g/mol. The zero-order chi connectivity index (χ0) is 31.6. The van der Waals surface area contributed by atoms with Crippen LogP contribution in [0.5, 0.6) is 0 Å². The Balaban J connectivity index is 1.60. The molecule has 1 saturated heterocycles. The summed E-state index contributed by atoms with van der Waals surface area (Å²) < 4.78 is 23.1. The number of imidazole rings is 1. The third-order valence-corrected chi connectivity index (χ3v) is 7.38. The van der Waals surface area contributed by atoms with Crippen LogP contribution in [0.1, 0.15) is 52.1 Å². The molecule has 0 radical (unpaired) electrons. The number of carbonyl (C=O) groups excluding carboxylic acids is 1. The van der Waals surface area contributed by atoms with Gasteiger partial charge in [-0.1, -0.05) is 24.1 Å². The summed E-state index contributed by atoms with van der Waals surface area (Å²) in [5, 5.41) is 3.80. The van der Waals surface area contributed by atoms with Crippen LogP contribution >= 0.6 is 0 Å². The van der Waals surface area contributed by atoms with E-state index in [1.807, 2.05) is 36.1 Å². The van der Waals surface area contributed by atoms with Crippen molar-refractivity contribution < 1.29 is 13.9 Å². The Kier molecular flexibility index (Phi) is 8.71. The van der Waals surface area contributed by atoms with Gasteiger partial charge in [0.05, 0.1) is 18.6 Å². The number of piperidine rings is 1. The quantitative estimate of drug-likeness (QED) is 0.319. The fraction of sp³-hybridized carbons (Fsp3) is 0.484. The van der Waals surface area contributed by atoms with Crippen LogP contribution in [0.15, 0.2) is 33.9 Å². The maximum atomic E-state index is 14.2. The van der Waals surface area contributed by atoms with Gasteiger partial charge in [-0.15, -0.1) is 5.92 Å². The first-order valence-electron chi connectivity index (χ1n) is 14.7. The first kappa shape index (κ1) is 30.7. The lowest BCUT2D eigenvalue weighted by Crippen LogP contribution is -2.49. The molecule has 4 heterocycles. The number of aryl methyl sites for hydroxylation is 1. The van der Waals surface area contributed by atoms with E-state index < -0.39 is 29.5 Å². The molecule has 12 nitrogen and oxygen atoms in total. The molecule has 0 spiro atoms. The Hall–Kier alpha value is -4.73. The number of ether oxygens (including phenoxy) is 1. The highest BCUT2D eigenvalue weighted by Gasteiger charge is 2.29. The van der Waals surface area contributed by atoms with Crippen LogP contribution in [0, 0.1) is 18.8 Å². The minimum atomic E-state index is -0.860. The average Bonchev–Trinajstić information content (AvgIpc) is 3.35. The predicted molar refractivity (Wildman–Crippen MR) is 166 cm³/mol. The number of alkyl halides is 1. The molecule has 5 rings (SSSR count). The predicted octanol–water partition coefficient (Wildman–Crippen LogP) is 3.15. The molecule has 1 fully saturated rings. The van der Waals surface area contributed by atoms with Gasteiger partial charge in [0.2, 0.25) is 5.95 Å². The van der Waals surface area contributed by atoms with Crippen LogP contribution in [-0.2, 0) is 24.4 Å². The molecule has 1 amide bonds. The average molecular weight is 605 g/mol. The molecule has 3 aromatic heterocycles. The normalized spacial score (nSPS) is 15.3. The van der Waals surface area contributed by atoms with Crippen molar-refractivity contribution in [1.82, 2.24) is 34.2 Å². The first-order chi connectivity index (χ1) is 21.0. The summed E-state index contributed by atoms with van der Waals surface area (Å²) in [6.45, 7) is 8.69. The van der Waals surface area contributed by atoms with E-state index in [4.69, 9.17) is 4.74 Å². The molecule has 13 heteroatoms. The third kappa shape index (κ3) is 6.29. The van der Waals surface area contributed by atoms with Crippen LogP contribution in [-0.4, -0.2) is 66.4 Å². The zero-order valence-electron chi connectivity index (χ0n) is 25.7. The minimum absolute atomic E-state index is 0.0644. The summed E-state index contributed by atoms with van der Waals surface area (Å²) >= 11 is 0. The van der Waals surface area contributed by atoms with Gasteiger partial charge in [-0.3, -0.25) is 14.2 Å². The first-order valence-corrected chi connectivity index (χ1v) is 14.7. The van der Waals surface area contributed by atoms with Gasteiger partial charge >= 0.3 is 6.09 Å². The molecule has 0 saturated carbocycles. The van der Waals surface area contributed by atoms with Crippen molar-refractivity contribution >= 4 is 34.0 Å². The van der Waals surface area contributed by atoms with Crippen molar-refractivity contribution in [1.29, 1.82) is 0 Å². The van der Waals surface area contributed by atoms with E-state index in [0.29, 0.717) is 30.4 Å². The number of alkyl carbamates (subject to hydrolysis) is 1. The van der Waals surface area contributed by atoms with Crippen LogP contribution < -0.4 is 21.3 Å². The number of carbonyl (C=O) groups is 1. The van der Waals surface area contributed by atoms with Crippen LogP contribution in [0.4, 0.5) is 15.1 Å². The van der Waals surface area contributed by atoms with Gasteiger partial charge in [0, 0.05) is 30.2 Å². The molecule has 1 N–H and O–H groups in total. The van der Waals surface area contributed by atoms with Gasteiger partial charge in [0.25, 0.3) is 11.1 Å². The summed E-state index contributed by atoms with van der Waals surface area (Å²) in [4.78, 5) is 56.2. The van der Waals surface area contributed by atoms with Crippen LogP contribution in [0.25, 0.3) is 21.9 Å². The van der Waals surface area contributed by atoms with Gasteiger partial charge < -0.3 is 15.0 Å². The number of amides is 1. The standard InChI is InChI=1S/C31H37FN8O4/c1-6-7-16-38-26-25(36-29(38)37-15-10-11-21(18-37)34-30(43)44-31(3,4)5)27(41)39(17-14-32)40(28(26)42)19-24-33-20(2)22-12-8-9-13-23(22)35-24/h8-9,12-13,21H,10-11,14-19H2,1-5H3,(H,34,43). The Morgan fingerprint density at radius 2 is 1.91 bits per heavy atom.